The minimum Gasteiger partial charge on any atom is -0.329 e. The van der Waals surface area contributed by atoms with Crippen molar-refractivity contribution in [3.05, 3.63) is 58.0 Å². The Balaban J connectivity index is 2.27. The van der Waals surface area contributed by atoms with Crippen LogP contribution in [0.15, 0.2) is 63.0 Å². The summed E-state index contributed by atoms with van der Waals surface area (Å²) in [5.74, 6) is 1.69. The minimum absolute atomic E-state index is 0.430. The number of hydrogen-bond acceptors (Lipinski definition) is 3. The summed E-state index contributed by atoms with van der Waals surface area (Å²) in [4.78, 5) is 8.52. The van der Waals surface area contributed by atoms with Crippen LogP contribution in [0.1, 0.15) is 47.0 Å². The third-order valence-electron chi connectivity index (χ3n) is 4.46. The van der Waals surface area contributed by atoms with E-state index in [-0.39, 0.29) is 0 Å². The topological polar surface area (TPSA) is 15.6 Å². The van der Waals surface area contributed by atoms with Crippen LogP contribution in [0.4, 0.5) is 4.39 Å². The highest BCUT2D eigenvalue weighted by molar-refractivity contribution is 8.06. The Hall–Kier alpha value is -1.55. The number of nitrogens with zero attached hydrogens (tertiary/aromatic N) is 2. The molecule has 0 radical (unpaired) electrons. The van der Waals surface area contributed by atoms with Gasteiger partial charge >= 0.3 is 0 Å². The molecule has 1 fully saturated rings. The van der Waals surface area contributed by atoms with E-state index in [2.05, 4.69) is 42.9 Å². The van der Waals surface area contributed by atoms with Crippen LogP contribution in [0.25, 0.3) is 0 Å². The maximum atomic E-state index is 13.0. The number of allylic oxidation sites excluding steroid dienone is 5. The highest BCUT2D eigenvalue weighted by atomic mass is 32.2. The maximum Gasteiger partial charge on any atom is 0.142 e. The van der Waals surface area contributed by atoms with Gasteiger partial charge in [-0.2, -0.15) is 0 Å². The maximum absolute atomic E-state index is 13.0. The molecule has 0 bridgehead atoms. The van der Waals surface area contributed by atoms with E-state index in [9.17, 15) is 4.39 Å². The normalized spacial score (nSPS) is 22.3. The fourth-order valence-corrected chi connectivity index (χ4v) is 4.10. The van der Waals surface area contributed by atoms with Gasteiger partial charge in [-0.3, -0.25) is 4.99 Å². The van der Waals surface area contributed by atoms with Crippen molar-refractivity contribution < 1.29 is 4.39 Å². The number of aliphatic imine (C=N–C) groups is 1. The number of hydrogen-bond donors (Lipinski definition) is 0. The van der Waals surface area contributed by atoms with Crippen molar-refractivity contribution in [3.63, 3.8) is 0 Å². The van der Waals surface area contributed by atoms with Crippen molar-refractivity contribution in [2.45, 2.75) is 53.1 Å². The number of alkyl halides is 1. The number of thioether (sulfide) groups is 1. The Bertz CT molecular complexity index is 668. The van der Waals surface area contributed by atoms with E-state index in [4.69, 9.17) is 4.99 Å². The first-order valence-corrected chi connectivity index (χ1v) is 10.4. The summed E-state index contributed by atoms with van der Waals surface area (Å²) < 4.78 is 13.0. The molecule has 2 atom stereocenters. The van der Waals surface area contributed by atoms with E-state index < -0.39 is 6.17 Å². The van der Waals surface area contributed by atoms with Gasteiger partial charge in [0.1, 0.15) is 12.0 Å². The van der Waals surface area contributed by atoms with Gasteiger partial charge in [-0.05, 0) is 55.6 Å². The van der Waals surface area contributed by atoms with Gasteiger partial charge in [-0.25, -0.2) is 4.39 Å². The smallest absolute Gasteiger partial charge is 0.142 e. The van der Waals surface area contributed by atoms with Gasteiger partial charge in [0.05, 0.1) is 11.4 Å². The Morgan fingerprint density at radius 3 is 2.92 bits per heavy atom. The number of fused-ring (bicyclic) bond motifs is 1. The van der Waals surface area contributed by atoms with E-state index in [1.54, 1.807) is 18.7 Å². The van der Waals surface area contributed by atoms with E-state index in [1.165, 1.54) is 16.2 Å². The molecule has 142 valence electrons. The minimum atomic E-state index is -0.818. The molecule has 0 spiro atoms. The molecule has 2 rings (SSSR count). The van der Waals surface area contributed by atoms with Crippen LogP contribution in [0, 0.1) is 5.92 Å². The standard InChI is InChI=1S/C22H31FN2S/c1-6-9-21(26-12-7-2)22-24-14-19(17(4)10-8-11-18(5)23)20-13-16(3)15-25(20)22/h7-10,12,16,18H,4,6,11,13-15H2,1-3,5H3/b10-8-,12-7-,21-9+. The Morgan fingerprint density at radius 2 is 2.27 bits per heavy atom. The van der Waals surface area contributed by atoms with Crippen LogP contribution in [0.3, 0.4) is 0 Å². The molecule has 0 aromatic rings. The zero-order chi connectivity index (χ0) is 19.1. The molecular weight excluding hydrogens is 343 g/mol. The van der Waals surface area contributed by atoms with Crippen LogP contribution in [0.5, 0.6) is 0 Å². The Labute approximate surface area is 162 Å². The first-order valence-electron chi connectivity index (χ1n) is 9.50. The summed E-state index contributed by atoms with van der Waals surface area (Å²) in [5.41, 5.74) is 3.51. The van der Waals surface area contributed by atoms with Crippen molar-refractivity contribution >= 4 is 17.6 Å². The molecule has 2 nitrogen and oxygen atoms in total. The highest BCUT2D eigenvalue weighted by Crippen LogP contribution is 2.37. The SMILES string of the molecule is C=C(/C=C\CC(C)F)C1=C2CC(C)CN2C(/C(=C\CC)S/C=C\C)=NC1. The molecular formula is C22H31FN2S. The van der Waals surface area contributed by atoms with Crippen molar-refractivity contribution in [2.75, 3.05) is 13.1 Å². The van der Waals surface area contributed by atoms with Gasteiger partial charge in [0, 0.05) is 12.2 Å². The second-order valence-corrected chi connectivity index (χ2v) is 7.94. The zero-order valence-electron chi connectivity index (χ0n) is 16.5. The summed E-state index contributed by atoms with van der Waals surface area (Å²) >= 11 is 1.74. The fourth-order valence-electron chi connectivity index (χ4n) is 3.27. The lowest BCUT2D eigenvalue weighted by Crippen LogP contribution is -2.32. The van der Waals surface area contributed by atoms with Crippen LogP contribution in [-0.2, 0) is 0 Å². The molecule has 2 heterocycles. The van der Waals surface area contributed by atoms with Gasteiger partial charge in [0.15, 0.2) is 0 Å². The molecule has 1 saturated heterocycles. The van der Waals surface area contributed by atoms with Gasteiger partial charge in [-0.1, -0.05) is 56.5 Å². The van der Waals surface area contributed by atoms with Crippen molar-refractivity contribution in [1.82, 2.24) is 4.90 Å². The predicted octanol–water partition coefficient (Wildman–Crippen LogP) is 6.42. The van der Waals surface area contributed by atoms with Crippen LogP contribution >= 0.6 is 11.8 Å². The largest absolute Gasteiger partial charge is 0.329 e. The average Bonchev–Trinajstić information content (AvgIpc) is 2.98. The van der Waals surface area contributed by atoms with Gasteiger partial charge in [0.2, 0.25) is 0 Å². The van der Waals surface area contributed by atoms with Gasteiger partial charge in [-0.15, -0.1) is 0 Å². The molecule has 4 heteroatoms. The van der Waals surface area contributed by atoms with Crippen molar-refractivity contribution in [2.24, 2.45) is 10.9 Å². The lowest BCUT2D eigenvalue weighted by Gasteiger charge is -2.30. The van der Waals surface area contributed by atoms with Gasteiger partial charge < -0.3 is 4.90 Å². The van der Waals surface area contributed by atoms with E-state index >= 15 is 0 Å². The number of rotatable bonds is 8. The molecule has 26 heavy (non-hydrogen) atoms. The average molecular weight is 375 g/mol. The van der Waals surface area contributed by atoms with E-state index in [0.29, 0.717) is 18.9 Å². The molecule has 0 amide bonds. The summed E-state index contributed by atoms with van der Waals surface area (Å²) in [6.45, 7) is 13.9. The van der Waals surface area contributed by atoms with E-state index in [1.807, 2.05) is 19.1 Å². The molecule has 0 saturated carbocycles. The monoisotopic (exact) mass is 374 g/mol. The molecule has 0 aromatic heterocycles. The first-order chi connectivity index (χ1) is 12.5. The highest BCUT2D eigenvalue weighted by Gasteiger charge is 2.33. The summed E-state index contributed by atoms with van der Waals surface area (Å²) in [7, 11) is 0. The molecule has 0 aliphatic carbocycles. The van der Waals surface area contributed by atoms with E-state index in [0.717, 1.165) is 30.8 Å². The Morgan fingerprint density at radius 1 is 1.50 bits per heavy atom. The third kappa shape index (κ3) is 5.23. The quantitative estimate of drug-likeness (QED) is 0.456. The van der Waals surface area contributed by atoms with Crippen LogP contribution in [0.2, 0.25) is 0 Å². The zero-order valence-corrected chi connectivity index (χ0v) is 17.3. The molecule has 2 unspecified atom stereocenters. The lowest BCUT2D eigenvalue weighted by molar-refractivity contribution is 0.365. The molecule has 2 aliphatic rings. The van der Waals surface area contributed by atoms with Crippen LogP contribution < -0.4 is 0 Å². The van der Waals surface area contributed by atoms with Crippen molar-refractivity contribution in [3.8, 4) is 0 Å². The van der Waals surface area contributed by atoms with Crippen molar-refractivity contribution in [1.29, 1.82) is 0 Å². The predicted molar refractivity (Wildman–Crippen MR) is 114 cm³/mol. The van der Waals surface area contributed by atoms with Crippen LogP contribution in [-0.4, -0.2) is 30.0 Å². The molecule has 0 aromatic carbocycles. The second kappa shape index (κ2) is 9.96. The summed E-state index contributed by atoms with van der Waals surface area (Å²) in [6.07, 6.45) is 9.81. The lowest BCUT2D eigenvalue weighted by atomic mass is 10.00. The number of halogens is 1. The number of amidine groups is 1. The second-order valence-electron chi connectivity index (χ2n) is 6.99. The Kier molecular flexibility index (Phi) is 7.95. The third-order valence-corrected chi connectivity index (χ3v) is 5.47. The molecule has 0 N–H and O–H groups in total. The summed E-state index contributed by atoms with van der Waals surface area (Å²) in [5, 5.41) is 2.11. The van der Waals surface area contributed by atoms with Gasteiger partial charge in [0.25, 0.3) is 0 Å². The fraction of sp³-hybridized carbons (Fsp3) is 0.500. The summed E-state index contributed by atoms with van der Waals surface area (Å²) in [6, 6.07) is 0. The first kappa shape index (κ1) is 20.8. The molecule has 2 aliphatic heterocycles.